The molecule has 1 aliphatic heterocycles. The number of anilines is 1. The number of carbonyl (C=O) groups is 1. The number of carbonyl (C=O) groups excluding carboxylic acids is 1. The SMILES string of the molecule is CCc1ccc(CSc2nc(N3CCC(OC(=O)[C@@H](N)C(C)C)CC3)c(C#N)c(CC)c2C#N)cc1. The number of pyridine rings is 1. The zero-order chi connectivity index (χ0) is 26.2. The summed E-state index contributed by atoms with van der Waals surface area (Å²) in [5, 5.41) is 20.6. The molecule has 0 aliphatic carbocycles. The summed E-state index contributed by atoms with van der Waals surface area (Å²) < 4.78 is 5.64. The Hall–Kier alpha value is -3.07. The molecule has 0 radical (unpaired) electrons. The molecule has 1 aromatic heterocycles. The molecule has 190 valence electrons. The van der Waals surface area contributed by atoms with Crippen molar-refractivity contribution >= 4 is 23.5 Å². The number of nitrogens with two attached hydrogens (primary N) is 1. The maximum atomic E-state index is 12.3. The van der Waals surface area contributed by atoms with Crippen molar-refractivity contribution in [1.82, 2.24) is 4.98 Å². The van der Waals surface area contributed by atoms with Gasteiger partial charge in [0.1, 0.15) is 35.1 Å². The standard InChI is InChI=1S/C28H35N5O2S/c1-5-19-7-9-20(10-8-19)17-36-27-24(16-30)22(6-2)23(15-29)26(32-27)33-13-11-21(12-14-33)35-28(34)25(31)18(3)4/h7-10,18,21,25H,5-6,11-14,17,31H2,1-4H3/t25-/m0/s1. The van der Waals surface area contributed by atoms with Crippen molar-refractivity contribution in [3.8, 4) is 12.1 Å². The van der Waals surface area contributed by atoms with Crippen LogP contribution in [0.1, 0.15) is 68.4 Å². The first-order chi connectivity index (χ1) is 17.3. The summed E-state index contributed by atoms with van der Waals surface area (Å²) in [4.78, 5) is 19.2. The van der Waals surface area contributed by atoms with Gasteiger partial charge in [-0.1, -0.05) is 52.0 Å². The minimum Gasteiger partial charge on any atom is -0.461 e. The Morgan fingerprint density at radius 2 is 1.72 bits per heavy atom. The predicted molar refractivity (Wildman–Crippen MR) is 143 cm³/mol. The van der Waals surface area contributed by atoms with E-state index in [0.717, 1.165) is 17.5 Å². The number of benzene rings is 1. The molecule has 1 aromatic carbocycles. The van der Waals surface area contributed by atoms with Crippen molar-refractivity contribution in [1.29, 1.82) is 10.5 Å². The monoisotopic (exact) mass is 505 g/mol. The van der Waals surface area contributed by atoms with Crippen LogP contribution < -0.4 is 10.6 Å². The van der Waals surface area contributed by atoms with Crippen LogP contribution in [0.5, 0.6) is 0 Å². The second-order valence-corrected chi connectivity index (χ2v) is 10.4. The van der Waals surface area contributed by atoms with E-state index in [2.05, 4.69) is 48.2 Å². The molecule has 7 nitrogen and oxygen atoms in total. The summed E-state index contributed by atoms with van der Waals surface area (Å²) >= 11 is 1.53. The average molecular weight is 506 g/mol. The molecule has 8 heteroatoms. The highest BCUT2D eigenvalue weighted by Crippen LogP contribution is 2.34. The van der Waals surface area contributed by atoms with Gasteiger partial charge in [0.15, 0.2) is 0 Å². The molecular formula is C28H35N5O2S. The highest BCUT2D eigenvalue weighted by molar-refractivity contribution is 7.98. The van der Waals surface area contributed by atoms with Gasteiger partial charge in [-0.15, -0.1) is 11.8 Å². The lowest BCUT2D eigenvalue weighted by Crippen LogP contribution is -2.43. The fourth-order valence-electron chi connectivity index (χ4n) is 4.24. The van der Waals surface area contributed by atoms with Gasteiger partial charge in [-0.05, 0) is 35.4 Å². The topological polar surface area (TPSA) is 116 Å². The van der Waals surface area contributed by atoms with Crippen LogP contribution in [0.15, 0.2) is 29.3 Å². The first-order valence-corrected chi connectivity index (χ1v) is 13.6. The normalized spacial score (nSPS) is 14.8. The Morgan fingerprint density at radius 1 is 1.11 bits per heavy atom. The third-order valence-corrected chi connectivity index (χ3v) is 7.69. The third kappa shape index (κ3) is 6.37. The molecule has 1 aliphatic rings. The van der Waals surface area contributed by atoms with Gasteiger partial charge in [-0.25, -0.2) is 4.98 Å². The molecule has 0 unspecified atom stereocenters. The molecule has 0 saturated carbocycles. The van der Waals surface area contributed by atoms with Crippen LogP contribution in [-0.2, 0) is 28.1 Å². The first-order valence-electron chi connectivity index (χ1n) is 12.6. The molecule has 1 fully saturated rings. The quantitative estimate of drug-likeness (QED) is 0.384. The van der Waals surface area contributed by atoms with E-state index in [1.165, 1.54) is 17.3 Å². The van der Waals surface area contributed by atoms with E-state index >= 15 is 0 Å². The van der Waals surface area contributed by atoms with E-state index in [1.54, 1.807) is 0 Å². The van der Waals surface area contributed by atoms with Gasteiger partial charge >= 0.3 is 5.97 Å². The van der Waals surface area contributed by atoms with Gasteiger partial charge in [0.2, 0.25) is 0 Å². The van der Waals surface area contributed by atoms with Crippen LogP contribution in [-0.4, -0.2) is 36.2 Å². The number of thioether (sulfide) groups is 1. The zero-order valence-corrected chi connectivity index (χ0v) is 22.4. The zero-order valence-electron chi connectivity index (χ0n) is 21.6. The van der Waals surface area contributed by atoms with Gasteiger partial charge in [-0.3, -0.25) is 4.79 Å². The van der Waals surface area contributed by atoms with E-state index in [4.69, 9.17) is 15.5 Å². The maximum absolute atomic E-state index is 12.3. The molecule has 3 rings (SSSR count). The highest BCUT2D eigenvalue weighted by Gasteiger charge is 2.29. The minimum absolute atomic E-state index is 0.0200. The van der Waals surface area contributed by atoms with Gasteiger partial charge in [0.25, 0.3) is 0 Å². The number of hydrogen-bond donors (Lipinski definition) is 1. The lowest BCUT2D eigenvalue weighted by Gasteiger charge is -2.34. The number of esters is 1. The van der Waals surface area contributed by atoms with Crippen molar-refractivity contribution in [2.75, 3.05) is 18.0 Å². The van der Waals surface area contributed by atoms with Crippen LogP contribution in [0, 0.1) is 28.6 Å². The summed E-state index contributed by atoms with van der Waals surface area (Å²) in [6.45, 7) is 9.10. The maximum Gasteiger partial charge on any atom is 0.323 e. The number of nitrogens with zero attached hydrogens (tertiary/aromatic N) is 4. The molecular weight excluding hydrogens is 470 g/mol. The average Bonchev–Trinajstić information content (AvgIpc) is 2.90. The molecule has 2 heterocycles. The molecule has 36 heavy (non-hydrogen) atoms. The van der Waals surface area contributed by atoms with Crippen LogP contribution in [0.3, 0.4) is 0 Å². The molecule has 2 aromatic rings. The van der Waals surface area contributed by atoms with Crippen LogP contribution in [0.4, 0.5) is 5.82 Å². The number of nitriles is 2. The molecule has 0 amide bonds. The van der Waals surface area contributed by atoms with Crippen molar-refractivity contribution in [2.24, 2.45) is 11.7 Å². The van der Waals surface area contributed by atoms with Gasteiger partial charge in [0.05, 0.1) is 11.1 Å². The molecule has 0 spiro atoms. The first kappa shape index (κ1) is 27.5. The number of aryl methyl sites for hydroxylation is 1. The predicted octanol–water partition coefficient (Wildman–Crippen LogP) is 4.74. The van der Waals surface area contributed by atoms with E-state index < -0.39 is 6.04 Å². The van der Waals surface area contributed by atoms with E-state index in [9.17, 15) is 15.3 Å². The fraction of sp³-hybridized carbons (Fsp3) is 0.500. The summed E-state index contributed by atoms with van der Waals surface area (Å²) in [6.07, 6.45) is 2.63. The van der Waals surface area contributed by atoms with Crippen molar-refractivity contribution in [2.45, 2.75) is 76.3 Å². The van der Waals surface area contributed by atoms with Crippen molar-refractivity contribution in [3.63, 3.8) is 0 Å². The number of aromatic nitrogens is 1. The Balaban J connectivity index is 1.81. The molecule has 1 saturated heterocycles. The summed E-state index contributed by atoms with van der Waals surface area (Å²) in [5.74, 6) is 0.956. The minimum atomic E-state index is -0.627. The van der Waals surface area contributed by atoms with E-state index in [1.807, 2.05) is 20.8 Å². The van der Waals surface area contributed by atoms with Crippen LogP contribution in [0.25, 0.3) is 0 Å². The molecule has 0 bridgehead atoms. The van der Waals surface area contributed by atoms with E-state index in [-0.39, 0.29) is 18.0 Å². The summed E-state index contributed by atoms with van der Waals surface area (Å²) in [5.41, 5.74) is 10.1. The lowest BCUT2D eigenvalue weighted by molar-refractivity contribution is -0.152. The lowest BCUT2D eigenvalue weighted by atomic mass is 10.0. The second-order valence-electron chi connectivity index (χ2n) is 9.40. The van der Waals surface area contributed by atoms with Gasteiger partial charge < -0.3 is 15.4 Å². The fourth-order valence-corrected chi connectivity index (χ4v) is 5.20. The number of piperidine rings is 1. The smallest absolute Gasteiger partial charge is 0.323 e. The van der Waals surface area contributed by atoms with Crippen molar-refractivity contribution < 1.29 is 9.53 Å². The number of ether oxygens (including phenoxy) is 1. The third-order valence-electron chi connectivity index (χ3n) is 6.65. The summed E-state index contributed by atoms with van der Waals surface area (Å²) in [6, 6.07) is 12.5. The Labute approximate surface area is 218 Å². The summed E-state index contributed by atoms with van der Waals surface area (Å²) in [7, 11) is 0. The van der Waals surface area contributed by atoms with Crippen LogP contribution >= 0.6 is 11.8 Å². The Kier molecular flexibility index (Phi) is 9.75. The van der Waals surface area contributed by atoms with Gasteiger partial charge in [-0.2, -0.15) is 10.5 Å². The molecule has 1 atom stereocenters. The number of hydrogen-bond acceptors (Lipinski definition) is 8. The molecule has 2 N–H and O–H groups in total. The van der Waals surface area contributed by atoms with Crippen molar-refractivity contribution in [3.05, 3.63) is 52.1 Å². The van der Waals surface area contributed by atoms with Crippen LogP contribution in [0.2, 0.25) is 0 Å². The number of rotatable bonds is 9. The Bertz CT molecular complexity index is 1140. The highest BCUT2D eigenvalue weighted by atomic mass is 32.2. The largest absolute Gasteiger partial charge is 0.461 e. The van der Waals surface area contributed by atoms with Gasteiger partial charge in [0, 0.05) is 31.7 Å². The second kappa shape index (κ2) is 12.8. The van der Waals surface area contributed by atoms with E-state index in [0.29, 0.717) is 60.1 Å². The Morgan fingerprint density at radius 3 is 2.25 bits per heavy atom.